The Morgan fingerprint density at radius 2 is 2.29 bits per heavy atom. The van der Waals surface area contributed by atoms with Gasteiger partial charge in [0.25, 0.3) is 5.56 Å². The Morgan fingerprint density at radius 1 is 1.46 bits per heavy atom. The van der Waals surface area contributed by atoms with Crippen LogP contribution in [-0.4, -0.2) is 27.2 Å². The van der Waals surface area contributed by atoms with Gasteiger partial charge in [0.15, 0.2) is 11.9 Å². The molecule has 0 amide bonds. The van der Waals surface area contributed by atoms with E-state index >= 15 is 0 Å². The summed E-state index contributed by atoms with van der Waals surface area (Å²) in [5, 5.41) is 1.31. The van der Waals surface area contributed by atoms with Gasteiger partial charge in [-0.3, -0.25) is 4.79 Å². The molecule has 0 saturated carbocycles. The van der Waals surface area contributed by atoms with Crippen molar-refractivity contribution >= 4 is 39.3 Å². The van der Waals surface area contributed by atoms with Crippen LogP contribution in [0.1, 0.15) is 53.0 Å². The molecule has 0 fully saturated rings. The summed E-state index contributed by atoms with van der Waals surface area (Å²) in [7, 11) is 0. The van der Waals surface area contributed by atoms with Gasteiger partial charge in [0.2, 0.25) is 0 Å². The first-order valence-corrected chi connectivity index (χ1v) is 11.3. The molecule has 0 radical (unpaired) electrons. The lowest BCUT2D eigenvalue weighted by atomic mass is 9.89. The van der Waals surface area contributed by atoms with Crippen LogP contribution in [0.2, 0.25) is 0 Å². The van der Waals surface area contributed by atoms with Crippen LogP contribution < -0.4 is 5.56 Å². The number of esters is 1. The summed E-state index contributed by atoms with van der Waals surface area (Å²) in [4.78, 5) is 38.9. The first kappa shape index (κ1) is 19.1. The molecule has 1 aliphatic rings. The largest absolute Gasteiger partial charge is 0.451 e. The summed E-state index contributed by atoms with van der Waals surface area (Å²) in [5.41, 5.74) is 1.40. The van der Waals surface area contributed by atoms with E-state index in [4.69, 9.17) is 4.74 Å². The number of pyridine rings is 1. The number of aryl methyl sites for hydroxylation is 1. The number of carbonyl (C=O) groups is 1. The number of fused-ring (bicyclic) bond motifs is 3. The zero-order valence-electron chi connectivity index (χ0n) is 15.9. The lowest BCUT2D eigenvalue weighted by Crippen LogP contribution is -2.18. The van der Waals surface area contributed by atoms with Crippen molar-refractivity contribution in [1.29, 1.82) is 0 Å². The third-order valence-corrected chi connectivity index (χ3v) is 6.90. The smallest absolute Gasteiger partial charge is 0.341 e. The van der Waals surface area contributed by atoms with Gasteiger partial charge in [0, 0.05) is 11.1 Å². The molecule has 0 saturated heterocycles. The first-order chi connectivity index (χ1) is 13.5. The minimum Gasteiger partial charge on any atom is -0.451 e. The molecule has 4 rings (SSSR count). The van der Waals surface area contributed by atoms with E-state index in [9.17, 15) is 9.59 Å². The minimum absolute atomic E-state index is 0.152. The number of hydrogen-bond acceptors (Lipinski definition) is 7. The summed E-state index contributed by atoms with van der Waals surface area (Å²) in [6.45, 7) is 3.95. The Hall–Kier alpha value is -2.19. The van der Waals surface area contributed by atoms with Crippen molar-refractivity contribution < 1.29 is 9.53 Å². The van der Waals surface area contributed by atoms with E-state index in [1.54, 1.807) is 36.6 Å². The maximum absolute atomic E-state index is 12.7. The van der Waals surface area contributed by atoms with Crippen molar-refractivity contribution in [3.8, 4) is 0 Å². The topological polar surface area (TPSA) is 84.9 Å². The maximum atomic E-state index is 12.7. The van der Waals surface area contributed by atoms with Crippen LogP contribution in [0.5, 0.6) is 0 Å². The predicted molar refractivity (Wildman–Crippen MR) is 111 cm³/mol. The van der Waals surface area contributed by atoms with Crippen molar-refractivity contribution in [1.82, 2.24) is 15.0 Å². The van der Waals surface area contributed by atoms with Crippen LogP contribution in [-0.2, 0) is 17.6 Å². The van der Waals surface area contributed by atoms with E-state index < -0.39 is 12.1 Å². The van der Waals surface area contributed by atoms with Crippen LogP contribution in [0, 0.1) is 5.92 Å². The number of thioether (sulfide) groups is 1. The van der Waals surface area contributed by atoms with Gasteiger partial charge >= 0.3 is 5.97 Å². The molecule has 146 valence electrons. The molecular formula is C20H21N3O3S2. The molecule has 6 nitrogen and oxygen atoms in total. The van der Waals surface area contributed by atoms with Crippen LogP contribution in [0.15, 0.2) is 28.2 Å². The van der Waals surface area contributed by atoms with E-state index in [2.05, 4.69) is 21.9 Å². The summed E-state index contributed by atoms with van der Waals surface area (Å²) in [6, 6.07) is 3.38. The fraction of sp³-hybridized carbons (Fsp3) is 0.400. The van der Waals surface area contributed by atoms with Gasteiger partial charge in [-0.15, -0.1) is 23.1 Å². The molecular weight excluding hydrogens is 394 g/mol. The van der Waals surface area contributed by atoms with Gasteiger partial charge in [0.1, 0.15) is 9.86 Å². The number of carbonyl (C=O) groups excluding carboxylic acids is 1. The zero-order chi connectivity index (χ0) is 19.8. The summed E-state index contributed by atoms with van der Waals surface area (Å²) in [6.07, 6.45) is 5.83. The Balaban J connectivity index is 1.64. The quantitative estimate of drug-likeness (QED) is 0.509. The molecule has 28 heavy (non-hydrogen) atoms. The number of hydrogen-bond donors (Lipinski definition) is 1. The number of nitrogens with zero attached hydrogens (tertiary/aromatic N) is 2. The molecule has 8 heteroatoms. The molecule has 3 heterocycles. The summed E-state index contributed by atoms with van der Waals surface area (Å²) in [5.74, 6) is 0.517. The van der Waals surface area contributed by atoms with Gasteiger partial charge in [0.05, 0.1) is 10.9 Å². The minimum atomic E-state index is -0.669. The molecule has 3 aromatic rings. The van der Waals surface area contributed by atoms with Crippen LogP contribution in [0.25, 0.3) is 10.2 Å². The molecule has 1 aliphatic carbocycles. The second-order valence-corrected chi connectivity index (χ2v) is 8.97. The van der Waals surface area contributed by atoms with E-state index in [1.807, 2.05) is 6.26 Å². The van der Waals surface area contributed by atoms with E-state index in [0.717, 1.165) is 29.7 Å². The molecule has 0 spiro atoms. The van der Waals surface area contributed by atoms with Gasteiger partial charge in [-0.25, -0.2) is 14.8 Å². The van der Waals surface area contributed by atoms with Crippen molar-refractivity contribution in [2.75, 3.05) is 6.26 Å². The monoisotopic (exact) mass is 415 g/mol. The number of rotatable bonds is 4. The van der Waals surface area contributed by atoms with Crippen LogP contribution in [0.3, 0.4) is 0 Å². The first-order valence-electron chi connectivity index (χ1n) is 9.22. The number of thiophene rings is 1. The Bertz CT molecular complexity index is 1110. The average Bonchev–Trinajstić information content (AvgIpc) is 3.05. The second kappa shape index (κ2) is 7.67. The van der Waals surface area contributed by atoms with E-state index in [-0.39, 0.29) is 5.56 Å². The van der Waals surface area contributed by atoms with Crippen molar-refractivity contribution in [3.05, 3.63) is 50.5 Å². The molecule has 0 aromatic carbocycles. The highest BCUT2D eigenvalue weighted by Crippen LogP contribution is 2.36. The van der Waals surface area contributed by atoms with Crippen molar-refractivity contribution in [3.63, 3.8) is 0 Å². The standard InChI is InChI=1S/C20H21N3O3S2/c1-10-6-7-12-14(9-10)28-19-15(12)17(24)22-16(23-19)11(2)26-20(25)13-5-4-8-21-18(13)27-3/h4-5,8,10-11H,6-7,9H2,1-3H3,(H,22,23,24)/t10-,11-/m0/s1. The Labute approximate surface area is 170 Å². The SMILES string of the molecule is CSc1ncccc1C(=O)O[C@@H](C)c1nc2sc3c(c2c(=O)[nH]1)CC[C@H](C)C3. The zero-order valence-corrected chi connectivity index (χ0v) is 17.6. The van der Waals surface area contributed by atoms with Crippen LogP contribution >= 0.6 is 23.1 Å². The fourth-order valence-electron chi connectivity index (χ4n) is 3.55. The third-order valence-electron chi connectivity index (χ3n) is 5.04. The van der Waals surface area contributed by atoms with Gasteiger partial charge in [-0.1, -0.05) is 6.92 Å². The number of ether oxygens (including phenoxy) is 1. The summed E-state index contributed by atoms with van der Waals surface area (Å²) >= 11 is 2.97. The molecule has 0 bridgehead atoms. The Morgan fingerprint density at radius 3 is 3.07 bits per heavy atom. The summed E-state index contributed by atoms with van der Waals surface area (Å²) < 4.78 is 5.57. The van der Waals surface area contributed by atoms with Gasteiger partial charge in [-0.2, -0.15) is 0 Å². The highest BCUT2D eigenvalue weighted by molar-refractivity contribution is 7.98. The number of aromatic nitrogens is 3. The predicted octanol–water partition coefficient (Wildman–Crippen LogP) is 4.14. The van der Waals surface area contributed by atoms with Gasteiger partial charge in [-0.05, 0) is 56.1 Å². The molecule has 3 aromatic heterocycles. The molecule has 0 aliphatic heterocycles. The van der Waals surface area contributed by atoms with E-state index in [1.165, 1.54) is 16.6 Å². The highest BCUT2D eigenvalue weighted by atomic mass is 32.2. The number of nitrogens with one attached hydrogen (secondary N) is 1. The number of aromatic amines is 1. The Kier molecular flexibility index (Phi) is 5.25. The maximum Gasteiger partial charge on any atom is 0.341 e. The molecule has 0 unspecified atom stereocenters. The normalized spacial score (nSPS) is 17.3. The lowest BCUT2D eigenvalue weighted by molar-refractivity contribution is 0.0315. The molecule has 2 atom stereocenters. The molecule has 1 N–H and O–H groups in total. The second-order valence-electron chi connectivity index (χ2n) is 7.09. The number of H-pyrrole nitrogens is 1. The van der Waals surface area contributed by atoms with Gasteiger partial charge < -0.3 is 9.72 Å². The lowest BCUT2D eigenvalue weighted by Gasteiger charge is -2.17. The van der Waals surface area contributed by atoms with Crippen LogP contribution in [0.4, 0.5) is 0 Å². The van der Waals surface area contributed by atoms with Crippen molar-refractivity contribution in [2.24, 2.45) is 5.92 Å². The fourth-order valence-corrected chi connectivity index (χ4v) is 5.47. The third kappa shape index (κ3) is 3.46. The van der Waals surface area contributed by atoms with Crippen molar-refractivity contribution in [2.45, 2.75) is 44.2 Å². The average molecular weight is 416 g/mol. The van der Waals surface area contributed by atoms with E-state index in [0.29, 0.717) is 27.7 Å². The highest BCUT2D eigenvalue weighted by Gasteiger charge is 2.25.